The normalized spacial score (nSPS) is 14.6. The Balaban J connectivity index is 1.61. The minimum absolute atomic E-state index is 0.0634. The van der Waals surface area contributed by atoms with Gasteiger partial charge in [0.05, 0.1) is 34.0 Å². The van der Waals surface area contributed by atoms with Gasteiger partial charge in [0.1, 0.15) is 5.75 Å². The number of nitrogen functional groups attached to an aromatic ring is 1. The number of nitrogens with two attached hydrogens (primary N) is 1. The Bertz CT molecular complexity index is 1390. The molecule has 0 saturated carbocycles. The van der Waals surface area contributed by atoms with Crippen molar-refractivity contribution in [3.8, 4) is 5.75 Å². The average Bonchev–Trinajstić information content (AvgIpc) is 2.77. The van der Waals surface area contributed by atoms with Crippen molar-refractivity contribution in [1.29, 1.82) is 0 Å². The number of benzene rings is 3. The van der Waals surface area contributed by atoms with Crippen molar-refractivity contribution >= 4 is 68.2 Å². The number of hydrogen-bond donors (Lipinski definition) is 2. The molecule has 0 unspecified atom stereocenters. The Kier molecular flexibility index (Phi) is 6.63. The van der Waals surface area contributed by atoms with Gasteiger partial charge < -0.3 is 15.8 Å². The van der Waals surface area contributed by atoms with Gasteiger partial charge in [0.2, 0.25) is 0 Å². The molecule has 1 amide bonds. The van der Waals surface area contributed by atoms with Crippen molar-refractivity contribution in [3.63, 3.8) is 0 Å². The molecule has 1 aliphatic rings. The highest BCUT2D eigenvalue weighted by molar-refractivity contribution is 8.04. The monoisotopic (exact) mass is 520 g/mol. The highest BCUT2D eigenvalue weighted by Crippen LogP contribution is 2.41. The summed E-state index contributed by atoms with van der Waals surface area (Å²) in [4.78, 5) is 13.9. The summed E-state index contributed by atoms with van der Waals surface area (Å²) < 4.78 is 31.1. The van der Waals surface area contributed by atoms with Crippen molar-refractivity contribution in [3.05, 3.63) is 80.7 Å². The van der Waals surface area contributed by atoms with Gasteiger partial charge in [-0.05, 0) is 54.1 Å². The molecule has 0 saturated heterocycles. The van der Waals surface area contributed by atoms with E-state index in [9.17, 15) is 13.2 Å². The zero-order valence-corrected chi connectivity index (χ0v) is 20.4. The number of nitrogens with one attached hydrogen (secondary N) is 1. The van der Waals surface area contributed by atoms with Crippen LogP contribution in [-0.2, 0) is 20.4 Å². The van der Waals surface area contributed by atoms with E-state index in [0.717, 1.165) is 10.5 Å². The quantitative estimate of drug-likeness (QED) is 0.333. The van der Waals surface area contributed by atoms with Crippen LogP contribution in [0, 0.1) is 0 Å². The number of methoxy groups -OCH3 is 1. The van der Waals surface area contributed by atoms with E-state index in [0.29, 0.717) is 27.6 Å². The summed E-state index contributed by atoms with van der Waals surface area (Å²) in [7, 11) is -2.22. The van der Waals surface area contributed by atoms with Crippen LogP contribution >= 0.6 is 35.0 Å². The van der Waals surface area contributed by atoms with E-state index in [4.69, 9.17) is 33.7 Å². The van der Waals surface area contributed by atoms with Gasteiger partial charge in [-0.1, -0.05) is 47.1 Å². The van der Waals surface area contributed by atoms with Gasteiger partial charge in [-0.3, -0.25) is 4.79 Å². The Hall–Kier alpha value is -2.65. The van der Waals surface area contributed by atoms with E-state index < -0.39 is 9.84 Å². The molecule has 0 atom stereocenters. The maximum absolute atomic E-state index is 13.0. The van der Waals surface area contributed by atoms with Crippen molar-refractivity contribution in [1.82, 2.24) is 0 Å². The van der Waals surface area contributed by atoms with Crippen LogP contribution < -0.4 is 15.8 Å². The lowest BCUT2D eigenvalue weighted by Crippen LogP contribution is -2.18. The number of amides is 1. The lowest BCUT2D eigenvalue weighted by atomic mass is 10.1. The van der Waals surface area contributed by atoms with Crippen LogP contribution in [0.3, 0.4) is 0 Å². The molecule has 0 spiro atoms. The first kappa shape index (κ1) is 23.5. The molecule has 170 valence electrons. The zero-order chi connectivity index (χ0) is 23.8. The van der Waals surface area contributed by atoms with Gasteiger partial charge >= 0.3 is 0 Å². The van der Waals surface area contributed by atoms with Gasteiger partial charge in [0.25, 0.3) is 5.91 Å². The molecule has 3 N–H and O–H groups in total. The maximum atomic E-state index is 13.0. The van der Waals surface area contributed by atoms with Gasteiger partial charge in [-0.25, -0.2) is 8.42 Å². The van der Waals surface area contributed by atoms with Crippen molar-refractivity contribution in [2.24, 2.45) is 0 Å². The predicted molar refractivity (Wildman–Crippen MR) is 134 cm³/mol. The van der Waals surface area contributed by atoms with Gasteiger partial charge in [0.15, 0.2) is 9.84 Å². The Labute approximate surface area is 205 Å². The number of carbonyl (C=O) groups excluding carboxylic acids is 1. The van der Waals surface area contributed by atoms with E-state index in [1.54, 1.807) is 48.5 Å². The molecular weight excluding hydrogens is 503 g/mol. The third-order valence-electron chi connectivity index (χ3n) is 4.95. The fourth-order valence-electron chi connectivity index (χ4n) is 3.27. The molecule has 4 rings (SSSR count). The number of sulfone groups is 1. The fourth-order valence-corrected chi connectivity index (χ4v) is 6.32. The summed E-state index contributed by atoms with van der Waals surface area (Å²) in [5.74, 6) is -0.143. The summed E-state index contributed by atoms with van der Waals surface area (Å²) in [6.45, 7) is 0. The van der Waals surface area contributed by atoms with Crippen molar-refractivity contribution in [2.45, 2.75) is 15.5 Å². The largest absolute Gasteiger partial charge is 0.495 e. The molecule has 0 aromatic heterocycles. The molecule has 0 radical (unpaired) electrons. The Morgan fingerprint density at radius 1 is 1.09 bits per heavy atom. The van der Waals surface area contributed by atoms with Crippen molar-refractivity contribution < 1.29 is 17.9 Å². The molecule has 6 nitrogen and oxygen atoms in total. The van der Waals surface area contributed by atoms with Crippen LogP contribution in [0.4, 0.5) is 11.4 Å². The minimum atomic E-state index is -3.75. The Morgan fingerprint density at radius 3 is 2.48 bits per heavy atom. The number of ether oxygens (including phenoxy) is 1. The summed E-state index contributed by atoms with van der Waals surface area (Å²) in [6, 6.07) is 14.7. The van der Waals surface area contributed by atoms with E-state index >= 15 is 0 Å². The second kappa shape index (κ2) is 9.30. The van der Waals surface area contributed by atoms with E-state index in [2.05, 4.69) is 5.32 Å². The fraction of sp³-hybridized carbons (Fsp3) is 0.0870. The molecule has 1 heterocycles. The first-order valence-corrected chi connectivity index (χ1v) is 12.8. The third-order valence-corrected chi connectivity index (χ3v) is 8.40. The smallest absolute Gasteiger partial charge is 0.262 e. The highest BCUT2D eigenvalue weighted by atomic mass is 35.5. The molecule has 0 fully saturated rings. The standard InChI is InChI=1S/C23H18Cl2N2O4S2/c1-31-20-7-5-13(9-18(20)26)10-22-23(28)27-19-11-14(6-8-21(19)32-22)33(29,30)12-15-16(24)3-2-4-17(15)25/h2-11H,12,26H2,1H3,(H,27,28)/b22-10-. The number of hydrogen-bond acceptors (Lipinski definition) is 6. The van der Waals surface area contributed by atoms with Crippen molar-refractivity contribution in [2.75, 3.05) is 18.2 Å². The maximum Gasteiger partial charge on any atom is 0.262 e. The minimum Gasteiger partial charge on any atom is -0.495 e. The molecule has 0 bridgehead atoms. The molecule has 3 aromatic rings. The van der Waals surface area contributed by atoms with Gasteiger partial charge in [-0.2, -0.15) is 0 Å². The first-order chi connectivity index (χ1) is 15.7. The number of anilines is 2. The van der Waals surface area contributed by atoms with Gasteiger partial charge in [-0.15, -0.1) is 0 Å². The predicted octanol–water partition coefficient (Wildman–Crippen LogP) is 5.64. The van der Waals surface area contributed by atoms with Crippen LogP contribution in [0.15, 0.2) is 69.3 Å². The number of rotatable bonds is 5. The first-order valence-electron chi connectivity index (χ1n) is 9.62. The average molecular weight is 521 g/mol. The molecule has 0 aliphatic carbocycles. The van der Waals surface area contributed by atoms with Crippen LogP contribution in [0.25, 0.3) is 6.08 Å². The second-order valence-corrected chi connectivity index (χ2v) is 11.1. The Morgan fingerprint density at radius 2 is 1.82 bits per heavy atom. The van der Waals surface area contributed by atoms with E-state index in [1.807, 2.05) is 0 Å². The molecule has 10 heteroatoms. The molecule has 1 aliphatic heterocycles. The lowest BCUT2D eigenvalue weighted by molar-refractivity contribution is -0.112. The summed E-state index contributed by atoms with van der Waals surface area (Å²) >= 11 is 13.5. The number of halogens is 2. The topological polar surface area (TPSA) is 98.5 Å². The number of thioether (sulfide) groups is 1. The summed E-state index contributed by atoms with van der Waals surface area (Å²) in [5.41, 5.74) is 7.90. The van der Waals surface area contributed by atoms with Crippen LogP contribution in [0.5, 0.6) is 5.75 Å². The number of fused-ring (bicyclic) bond motifs is 1. The SMILES string of the molecule is COc1ccc(/C=C2\Sc3ccc(S(=O)(=O)Cc4c(Cl)cccc4Cl)cc3NC2=O)cc1N. The summed E-state index contributed by atoms with van der Waals surface area (Å²) in [6.07, 6.45) is 1.71. The van der Waals surface area contributed by atoms with Crippen LogP contribution in [-0.4, -0.2) is 21.4 Å². The van der Waals surface area contributed by atoms with Gasteiger partial charge in [0, 0.05) is 20.5 Å². The molecule has 33 heavy (non-hydrogen) atoms. The highest BCUT2D eigenvalue weighted by Gasteiger charge is 2.25. The lowest BCUT2D eigenvalue weighted by Gasteiger charge is -2.20. The second-order valence-electron chi connectivity index (χ2n) is 7.18. The third kappa shape index (κ3) is 4.99. The summed E-state index contributed by atoms with van der Waals surface area (Å²) in [5, 5.41) is 3.32. The van der Waals surface area contributed by atoms with Crippen LogP contribution in [0.2, 0.25) is 10.0 Å². The van der Waals surface area contributed by atoms with E-state index in [1.165, 1.54) is 31.0 Å². The molecular formula is C23H18Cl2N2O4S2. The number of carbonyl (C=O) groups is 1. The van der Waals surface area contributed by atoms with Crippen LogP contribution in [0.1, 0.15) is 11.1 Å². The molecule has 3 aromatic carbocycles. The van der Waals surface area contributed by atoms with E-state index in [-0.39, 0.29) is 26.6 Å². The zero-order valence-electron chi connectivity index (χ0n) is 17.3.